The molecule has 0 bridgehead atoms. The van der Waals surface area contributed by atoms with Crippen molar-refractivity contribution in [3.05, 3.63) is 12.7 Å². The van der Waals surface area contributed by atoms with Crippen molar-refractivity contribution in [2.45, 2.75) is 0 Å². The Bertz CT molecular complexity index is 81.3. The number of carboxylic acid groups (broad SMARTS) is 1. The van der Waals surface area contributed by atoms with E-state index >= 15 is 0 Å². The third-order valence-electron chi connectivity index (χ3n) is 0.175. The van der Waals surface area contributed by atoms with Crippen molar-refractivity contribution in [1.29, 1.82) is 0 Å². The minimum absolute atomic E-state index is 0.833. The maximum absolute atomic E-state index is 9.25. The van der Waals surface area contributed by atoms with E-state index in [0.717, 1.165) is 6.08 Å². The van der Waals surface area contributed by atoms with E-state index in [-0.39, 0.29) is 0 Å². The van der Waals surface area contributed by atoms with Gasteiger partial charge in [0.05, 0.1) is 0 Å². The fourth-order valence-corrected chi connectivity index (χ4v) is 0. The van der Waals surface area contributed by atoms with E-state index in [1.807, 2.05) is 0 Å². The molecule has 0 aromatic carbocycles. The number of carbonyl (C=O) groups is 1. The molecule has 0 amide bonds. The summed E-state index contributed by atoms with van der Waals surface area (Å²) in [5, 5.41) is 7.60. The summed E-state index contributed by atoms with van der Waals surface area (Å²) < 4.78 is 0. The Morgan fingerprint density at radius 2 is 1.86 bits per heavy atom. The number of rotatable bonds is 1. The molecular formula is C5H6O2. The van der Waals surface area contributed by atoms with Gasteiger partial charge in [-0.2, -0.15) is 0 Å². The summed E-state index contributed by atoms with van der Waals surface area (Å²) in [7, 11) is 0. The van der Waals surface area contributed by atoms with Crippen LogP contribution in [-0.2, 0) is 4.79 Å². The Morgan fingerprint density at radius 3 is 1.86 bits per heavy atom. The summed E-state index contributed by atoms with van der Waals surface area (Å²) in [6.45, 7) is 2.96. The lowest BCUT2D eigenvalue weighted by Gasteiger charge is -1.64. The normalized spacial score (nSPS) is 4.86. The quantitative estimate of drug-likeness (QED) is 0.383. The van der Waals surface area contributed by atoms with Crippen molar-refractivity contribution in [3.63, 3.8) is 0 Å². The summed E-state index contributed by atoms with van der Waals surface area (Å²) >= 11 is 0. The highest BCUT2D eigenvalue weighted by Gasteiger charge is 1.73. The van der Waals surface area contributed by atoms with Crippen LogP contribution in [0, 0.1) is 12.8 Å². The number of hydrogen-bond donors (Lipinski definition) is 1. The molecular weight excluding hydrogens is 92.1 g/mol. The van der Waals surface area contributed by atoms with Gasteiger partial charge < -0.3 is 5.11 Å². The molecule has 0 aliphatic carbocycles. The lowest BCUT2D eigenvalue weighted by Crippen LogP contribution is -1.82. The zero-order chi connectivity index (χ0) is 6.28. The average Bonchev–Trinajstić information content (AvgIpc) is 1.73. The summed E-state index contributed by atoms with van der Waals surface area (Å²) in [6.07, 6.45) is 8.83. The Labute approximate surface area is 42.5 Å². The smallest absolute Gasteiger partial charge is 0.327 e. The van der Waals surface area contributed by atoms with E-state index < -0.39 is 5.97 Å². The van der Waals surface area contributed by atoms with Gasteiger partial charge in [0, 0.05) is 6.08 Å². The highest BCUT2D eigenvalue weighted by atomic mass is 16.4. The second kappa shape index (κ2) is 8.84. The number of hydrogen-bond acceptors (Lipinski definition) is 1. The summed E-state index contributed by atoms with van der Waals surface area (Å²) in [5.41, 5.74) is 0. The maximum atomic E-state index is 9.25. The molecule has 0 saturated carbocycles. The average molecular weight is 98.1 g/mol. The molecule has 38 valence electrons. The summed E-state index contributed by atoms with van der Waals surface area (Å²) in [4.78, 5) is 9.25. The van der Waals surface area contributed by atoms with Crippen molar-refractivity contribution in [1.82, 2.24) is 0 Å². The van der Waals surface area contributed by atoms with Gasteiger partial charge in [0.2, 0.25) is 0 Å². The standard InChI is InChI=1S/C3H4O2.C2H2/c1-2-3(4)5;1-2/h2H,1H2,(H,4,5);1-2H. The van der Waals surface area contributed by atoms with Crippen molar-refractivity contribution >= 4 is 5.97 Å². The Morgan fingerprint density at radius 1 is 1.71 bits per heavy atom. The predicted octanol–water partition coefficient (Wildman–Crippen LogP) is 0.506. The SMILES string of the molecule is C#C.C=CC(=O)O. The van der Waals surface area contributed by atoms with Crippen LogP contribution < -0.4 is 0 Å². The minimum Gasteiger partial charge on any atom is -0.478 e. The minimum atomic E-state index is -0.981. The van der Waals surface area contributed by atoms with Crippen LogP contribution >= 0.6 is 0 Å². The number of terminal acetylenes is 1. The highest BCUT2D eigenvalue weighted by molar-refractivity contribution is 5.78. The lowest BCUT2D eigenvalue weighted by atomic mass is 10.7. The van der Waals surface area contributed by atoms with Crippen LogP contribution in [0.4, 0.5) is 0 Å². The van der Waals surface area contributed by atoms with Crippen LogP contribution in [0.3, 0.4) is 0 Å². The molecule has 0 radical (unpaired) electrons. The van der Waals surface area contributed by atoms with Gasteiger partial charge in [-0.1, -0.05) is 6.58 Å². The van der Waals surface area contributed by atoms with Crippen LogP contribution in [0.1, 0.15) is 0 Å². The molecule has 0 saturated heterocycles. The first-order valence-corrected chi connectivity index (χ1v) is 1.46. The second-order valence-corrected chi connectivity index (χ2v) is 0.542. The van der Waals surface area contributed by atoms with Gasteiger partial charge in [-0.3, -0.25) is 0 Å². The first-order valence-electron chi connectivity index (χ1n) is 1.46. The van der Waals surface area contributed by atoms with E-state index in [0.29, 0.717) is 0 Å². The lowest BCUT2D eigenvalue weighted by molar-refractivity contribution is -0.131. The van der Waals surface area contributed by atoms with Gasteiger partial charge in [-0.25, -0.2) is 4.79 Å². The van der Waals surface area contributed by atoms with Gasteiger partial charge in [0.25, 0.3) is 0 Å². The third-order valence-corrected chi connectivity index (χ3v) is 0.175. The molecule has 0 aliphatic heterocycles. The monoisotopic (exact) mass is 98.0 g/mol. The Balaban J connectivity index is 0. The molecule has 0 rings (SSSR count). The third kappa shape index (κ3) is 61.7. The van der Waals surface area contributed by atoms with E-state index in [9.17, 15) is 4.79 Å². The molecule has 0 heterocycles. The Kier molecular flexibility index (Phi) is 11.7. The fourth-order valence-electron chi connectivity index (χ4n) is 0. The van der Waals surface area contributed by atoms with Crippen molar-refractivity contribution in [3.8, 4) is 12.8 Å². The van der Waals surface area contributed by atoms with Gasteiger partial charge in [0.1, 0.15) is 0 Å². The second-order valence-electron chi connectivity index (χ2n) is 0.542. The largest absolute Gasteiger partial charge is 0.478 e. The van der Waals surface area contributed by atoms with Crippen molar-refractivity contribution < 1.29 is 9.90 Å². The van der Waals surface area contributed by atoms with Crippen LogP contribution in [-0.4, -0.2) is 11.1 Å². The van der Waals surface area contributed by atoms with Crippen molar-refractivity contribution in [2.75, 3.05) is 0 Å². The van der Waals surface area contributed by atoms with E-state index in [1.54, 1.807) is 0 Å². The number of aliphatic carboxylic acids is 1. The first-order chi connectivity index (χ1) is 3.27. The summed E-state index contributed by atoms with van der Waals surface area (Å²) in [5.74, 6) is -0.981. The molecule has 0 unspecified atom stereocenters. The molecule has 0 fully saturated rings. The topological polar surface area (TPSA) is 37.3 Å². The predicted molar refractivity (Wildman–Crippen MR) is 27.7 cm³/mol. The van der Waals surface area contributed by atoms with Crippen LogP contribution in [0.25, 0.3) is 0 Å². The van der Waals surface area contributed by atoms with Gasteiger partial charge in [-0.05, 0) is 0 Å². The van der Waals surface area contributed by atoms with Gasteiger partial charge >= 0.3 is 5.97 Å². The zero-order valence-corrected chi connectivity index (χ0v) is 3.79. The molecule has 1 N–H and O–H groups in total. The molecule has 2 nitrogen and oxygen atoms in total. The molecule has 0 spiro atoms. The van der Waals surface area contributed by atoms with Crippen LogP contribution in [0.2, 0.25) is 0 Å². The van der Waals surface area contributed by atoms with Crippen LogP contribution in [0.15, 0.2) is 12.7 Å². The zero-order valence-electron chi connectivity index (χ0n) is 3.79. The van der Waals surface area contributed by atoms with E-state index in [2.05, 4.69) is 19.4 Å². The van der Waals surface area contributed by atoms with E-state index in [1.165, 1.54) is 0 Å². The maximum Gasteiger partial charge on any atom is 0.327 e. The number of carboxylic acids is 1. The van der Waals surface area contributed by atoms with E-state index in [4.69, 9.17) is 5.11 Å². The molecule has 0 aromatic heterocycles. The summed E-state index contributed by atoms with van der Waals surface area (Å²) in [6, 6.07) is 0. The molecule has 7 heavy (non-hydrogen) atoms. The Hall–Kier alpha value is -1.23. The van der Waals surface area contributed by atoms with Gasteiger partial charge in [-0.15, -0.1) is 12.8 Å². The van der Waals surface area contributed by atoms with Gasteiger partial charge in [0.15, 0.2) is 0 Å². The molecule has 2 heteroatoms. The molecule has 0 aliphatic rings. The fraction of sp³-hybridized carbons (Fsp3) is 0. The molecule has 0 atom stereocenters. The van der Waals surface area contributed by atoms with Crippen LogP contribution in [0.5, 0.6) is 0 Å². The van der Waals surface area contributed by atoms with Crippen molar-refractivity contribution in [2.24, 2.45) is 0 Å². The first kappa shape index (κ1) is 9.24. The highest BCUT2D eigenvalue weighted by Crippen LogP contribution is 1.54. The molecule has 0 aromatic rings.